The minimum absolute atomic E-state index is 0.286. The molecule has 0 spiro atoms. The molecule has 0 fully saturated rings. The lowest BCUT2D eigenvalue weighted by atomic mass is 10.0. The molecule has 3 nitrogen and oxygen atoms in total. The molecule has 0 atom stereocenters. The number of hydrogen-bond donors (Lipinski definition) is 1. The number of benzene rings is 1. The summed E-state index contributed by atoms with van der Waals surface area (Å²) in [7, 11) is 1.86. The van der Waals surface area contributed by atoms with E-state index >= 15 is 0 Å². The average Bonchev–Trinajstić information content (AvgIpc) is 2.24. The first-order chi connectivity index (χ1) is 7.63. The first-order valence-corrected chi connectivity index (χ1v) is 5.31. The molecule has 1 aromatic carbocycles. The molecule has 0 amide bonds. The molecule has 0 unspecified atom stereocenters. The van der Waals surface area contributed by atoms with Crippen LogP contribution in [0.2, 0.25) is 0 Å². The number of hydrogen-bond acceptors (Lipinski definition) is 3. The summed E-state index contributed by atoms with van der Waals surface area (Å²) in [4.78, 5) is 11.4. The van der Waals surface area contributed by atoms with Crippen molar-refractivity contribution in [3.63, 3.8) is 0 Å². The van der Waals surface area contributed by atoms with Crippen molar-refractivity contribution in [2.75, 3.05) is 7.05 Å². The lowest BCUT2D eigenvalue weighted by Crippen LogP contribution is -2.09. The van der Waals surface area contributed by atoms with Gasteiger partial charge in [0.05, 0.1) is 0 Å². The first-order valence-electron chi connectivity index (χ1n) is 5.31. The van der Waals surface area contributed by atoms with E-state index in [4.69, 9.17) is 4.42 Å². The van der Waals surface area contributed by atoms with Crippen molar-refractivity contribution in [1.29, 1.82) is 0 Å². The summed E-state index contributed by atoms with van der Waals surface area (Å²) in [5.41, 5.74) is 3.57. The van der Waals surface area contributed by atoms with Gasteiger partial charge in [-0.05, 0) is 37.6 Å². The second-order valence-corrected chi connectivity index (χ2v) is 4.01. The zero-order valence-electron chi connectivity index (χ0n) is 9.76. The van der Waals surface area contributed by atoms with Crippen molar-refractivity contribution in [1.82, 2.24) is 5.32 Å². The van der Waals surface area contributed by atoms with Crippen molar-refractivity contribution in [2.45, 2.75) is 20.4 Å². The van der Waals surface area contributed by atoms with Gasteiger partial charge in [0.25, 0.3) is 0 Å². The zero-order chi connectivity index (χ0) is 11.7. The summed E-state index contributed by atoms with van der Waals surface area (Å²) in [6.07, 6.45) is 0. The molecule has 2 rings (SSSR count). The Morgan fingerprint density at radius 1 is 1.31 bits per heavy atom. The van der Waals surface area contributed by atoms with Crippen LogP contribution in [0.25, 0.3) is 11.0 Å². The third-order valence-corrected chi connectivity index (χ3v) is 2.88. The highest BCUT2D eigenvalue weighted by Gasteiger charge is 2.08. The van der Waals surface area contributed by atoms with Crippen LogP contribution in [0.1, 0.15) is 16.7 Å². The summed E-state index contributed by atoms with van der Waals surface area (Å²) in [5.74, 6) is 0. The third kappa shape index (κ3) is 1.74. The Hall–Kier alpha value is -1.61. The number of nitrogens with one attached hydrogen (secondary N) is 1. The molecule has 0 radical (unpaired) electrons. The van der Waals surface area contributed by atoms with Crippen molar-refractivity contribution in [3.8, 4) is 0 Å². The van der Waals surface area contributed by atoms with E-state index in [1.807, 2.05) is 27.0 Å². The van der Waals surface area contributed by atoms with Crippen molar-refractivity contribution < 1.29 is 4.42 Å². The van der Waals surface area contributed by atoms with Gasteiger partial charge in [0, 0.05) is 18.0 Å². The van der Waals surface area contributed by atoms with Gasteiger partial charge in [-0.25, -0.2) is 4.79 Å². The lowest BCUT2D eigenvalue weighted by Gasteiger charge is -2.08. The Balaban J connectivity index is 2.83. The predicted molar refractivity (Wildman–Crippen MR) is 64.7 cm³/mol. The van der Waals surface area contributed by atoms with Gasteiger partial charge >= 0.3 is 5.63 Å². The SMILES string of the molecule is CNCc1cc(=O)oc2c(C)c(C)ccc12. The number of aryl methyl sites for hydroxylation is 2. The second-order valence-electron chi connectivity index (χ2n) is 4.01. The highest BCUT2D eigenvalue weighted by atomic mass is 16.4. The van der Waals surface area contributed by atoms with Crippen LogP contribution < -0.4 is 10.9 Å². The third-order valence-electron chi connectivity index (χ3n) is 2.88. The van der Waals surface area contributed by atoms with E-state index < -0.39 is 0 Å². The van der Waals surface area contributed by atoms with Crippen LogP contribution in [0.15, 0.2) is 27.4 Å². The van der Waals surface area contributed by atoms with E-state index in [2.05, 4.69) is 11.4 Å². The molecule has 0 saturated carbocycles. The summed E-state index contributed by atoms with van der Waals surface area (Å²) in [5, 5.41) is 4.07. The minimum atomic E-state index is -0.286. The molecule has 84 valence electrons. The van der Waals surface area contributed by atoms with Crippen LogP contribution in [0.3, 0.4) is 0 Å². The molecule has 0 aliphatic heterocycles. The number of rotatable bonds is 2. The minimum Gasteiger partial charge on any atom is -0.422 e. The Morgan fingerprint density at radius 3 is 2.75 bits per heavy atom. The van der Waals surface area contributed by atoms with Crippen molar-refractivity contribution in [2.24, 2.45) is 0 Å². The largest absolute Gasteiger partial charge is 0.422 e. The van der Waals surface area contributed by atoms with Crippen LogP contribution in [0, 0.1) is 13.8 Å². The fraction of sp³-hybridized carbons (Fsp3) is 0.308. The fourth-order valence-electron chi connectivity index (χ4n) is 1.86. The van der Waals surface area contributed by atoms with E-state index in [0.717, 1.165) is 22.1 Å². The molecule has 1 aromatic heterocycles. The zero-order valence-corrected chi connectivity index (χ0v) is 9.76. The fourth-order valence-corrected chi connectivity index (χ4v) is 1.86. The molecule has 1 heterocycles. The van der Waals surface area contributed by atoms with Gasteiger partial charge in [-0.3, -0.25) is 0 Å². The van der Waals surface area contributed by atoms with Gasteiger partial charge in [-0.15, -0.1) is 0 Å². The van der Waals surface area contributed by atoms with Gasteiger partial charge in [0.2, 0.25) is 0 Å². The van der Waals surface area contributed by atoms with Crippen LogP contribution in [-0.2, 0) is 6.54 Å². The molecule has 0 bridgehead atoms. The van der Waals surface area contributed by atoms with E-state index in [1.165, 1.54) is 0 Å². The molecule has 0 aliphatic carbocycles. The Kier molecular flexibility index (Phi) is 2.79. The van der Waals surface area contributed by atoms with Gasteiger partial charge in [-0.1, -0.05) is 12.1 Å². The quantitative estimate of drug-likeness (QED) is 0.783. The summed E-state index contributed by atoms with van der Waals surface area (Å²) in [6, 6.07) is 5.61. The Morgan fingerprint density at radius 2 is 2.06 bits per heavy atom. The summed E-state index contributed by atoms with van der Waals surface area (Å²) >= 11 is 0. The first kappa shape index (κ1) is 10.9. The topological polar surface area (TPSA) is 42.2 Å². The molecular formula is C13H15NO2. The van der Waals surface area contributed by atoms with Crippen LogP contribution in [0.4, 0.5) is 0 Å². The Labute approximate surface area is 94.1 Å². The maximum Gasteiger partial charge on any atom is 0.336 e. The lowest BCUT2D eigenvalue weighted by molar-refractivity contribution is 0.555. The van der Waals surface area contributed by atoms with E-state index in [0.29, 0.717) is 12.1 Å². The van der Waals surface area contributed by atoms with Crippen molar-refractivity contribution >= 4 is 11.0 Å². The molecule has 16 heavy (non-hydrogen) atoms. The summed E-state index contributed by atoms with van der Waals surface area (Å²) < 4.78 is 5.28. The highest BCUT2D eigenvalue weighted by Crippen LogP contribution is 2.22. The molecule has 0 aliphatic rings. The Bertz CT molecular complexity index is 584. The second kappa shape index (κ2) is 4.10. The van der Waals surface area contributed by atoms with E-state index in [9.17, 15) is 4.79 Å². The highest BCUT2D eigenvalue weighted by molar-refractivity contribution is 5.83. The molecule has 2 aromatic rings. The van der Waals surface area contributed by atoms with Crippen LogP contribution in [-0.4, -0.2) is 7.05 Å². The molecule has 0 saturated heterocycles. The molecule has 3 heteroatoms. The van der Waals surface area contributed by atoms with E-state index in [1.54, 1.807) is 6.07 Å². The molecular weight excluding hydrogens is 202 g/mol. The van der Waals surface area contributed by atoms with Gasteiger partial charge in [-0.2, -0.15) is 0 Å². The molecule has 1 N–H and O–H groups in total. The van der Waals surface area contributed by atoms with Gasteiger partial charge < -0.3 is 9.73 Å². The maximum atomic E-state index is 11.4. The standard InChI is InChI=1S/C13H15NO2/c1-8-4-5-11-10(7-14-3)6-12(15)16-13(11)9(8)2/h4-6,14H,7H2,1-3H3. The van der Waals surface area contributed by atoms with Gasteiger partial charge in [0.1, 0.15) is 5.58 Å². The van der Waals surface area contributed by atoms with E-state index in [-0.39, 0.29) is 5.63 Å². The van der Waals surface area contributed by atoms with Crippen molar-refractivity contribution in [3.05, 3.63) is 45.3 Å². The predicted octanol–water partition coefficient (Wildman–Crippen LogP) is 2.13. The monoisotopic (exact) mass is 217 g/mol. The smallest absolute Gasteiger partial charge is 0.336 e. The van der Waals surface area contributed by atoms with Crippen LogP contribution in [0.5, 0.6) is 0 Å². The average molecular weight is 217 g/mol. The maximum absolute atomic E-state index is 11.4. The van der Waals surface area contributed by atoms with Gasteiger partial charge in [0.15, 0.2) is 0 Å². The normalized spacial score (nSPS) is 10.9. The van der Waals surface area contributed by atoms with Crippen LogP contribution >= 0.6 is 0 Å². The summed E-state index contributed by atoms with van der Waals surface area (Å²) in [6.45, 7) is 4.66. The number of fused-ring (bicyclic) bond motifs is 1.